The third-order valence-electron chi connectivity index (χ3n) is 3.25. The number of Topliss-reactive ketones (excluding diaryl/α,β-unsaturated/α-hetero) is 1. The summed E-state index contributed by atoms with van der Waals surface area (Å²) in [5.41, 5.74) is 2.60. The molecule has 0 unspecified atom stereocenters. The molecule has 0 radical (unpaired) electrons. The fourth-order valence-electron chi connectivity index (χ4n) is 2.37. The number of amides is 1. The second kappa shape index (κ2) is 4.12. The third-order valence-corrected chi connectivity index (χ3v) is 3.25. The zero-order valence-electron chi connectivity index (χ0n) is 10.8. The van der Waals surface area contributed by atoms with Crippen molar-refractivity contribution >= 4 is 28.5 Å². The minimum Gasteiger partial charge on any atom is -0.297 e. The van der Waals surface area contributed by atoms with Gasteiger partial charge in [0.05, 0.1) is 13.0 Å². The lowest BCUT2D eigenvalue weighted by Crippen LogP contribution is -2.25. The molecule has 0 N–H and O–H groups in total. The number of aryl methyl sites for hydroxylation is 2. The average Bonchev–Trinajstić information content (AvgIpc) is 2.67. The minimum absolute atomic E-state index is 0.0278. The molecule has 0 aliphatic carbocycles. The van der Waals surface area contributed by atoms with E-state index in [4.69, 9.17) is 0 Å². The van der Waals surface area contributed by atoms with E-state index in [0.29, 0.717) is 11.5 Å². The lowest BCUT2D eigenvalue weighted by atomic mass is 10.1. The number of fused-ring (bicyclic) bond motifs is 1. The molecular formula is C14H13N3O2. The molecular weight excluding hydrogens is 242 g/mol. The van der Waals surface area contributed by atoms with E-state index in [1.807, 2.05) is 26.0 Å². The fourth-order valence-corrected chi connectivity index (χ4v) is 2.37. The highest BCUT2D eigenvalue weighted by Crippen LogP contribution is 2.22. The highest BCUT2D eigenvalue weighted by atomic mass is 16.2. The van der Waals surface area contributed by atoms with Crippen molar-refractivity contribution in [1.29, 1.82) is 0 Å². The maximum Gasteiger partial charge on any atom is 0.236 e. The van der Waals surface area contributed by atoms with Crippen molar-refractivity contribution < 1.29 is 9.59 Å². The molecule has 5 nitrogen and oxygen atoms in total. The van der Waals surface area contributed by atoms with Crippen LogP contribution in [0.25, 0.3) is 11.0 Å². The van der Waals surface area contributed by atoms with Crippen molar-refractivity contribution in [2.24, 2.45) is 0 Å². The number of anilines is 1. The molecule has 2 aromatic heterocycles. The summed E-state index contributed by atoms with van der Waals surface area (Å²) < 4.78 is 0. The Kier molecular flexibility index (Phi) is 2.55. The van der Waals surface area contributed by atoms with Crippen LogP contribution in [0, 0.1) is 13.8 Å². The minimum atomic E-state index is -0.193. The zero-order chi connectivity index (χ0) is 13.6. The Labute approximate surface area is 110 Å². The highest BCUT2D eigenvalue weighted by molar-refractivity contribution is 6.14. The topological polar surface area (TPSA) is 63.2 Å². The first-order valence-electron chi connectivity index (χ1n) is 6.11. The van der Waals surface area contributed by atoms with Crippen molar-refractivity contribution in [3.8, 4) is 0 Å². The van der Waals surface area contributed by atoms with E-state index >= 15 is 0 Å². The smallest absolute Gasteiger partial charge is 0.236 e. The molecule has 5 heteroatoms. The van der Waals surface area contributed by atoms with Gasteiger partial charge in [-0.1, -0.05) is 0 Å². The van der Waals surface area contributed by atoms with E-state index in [1.165, 1.54) is 4.90 Å². The van der Waals surface area contributed by atoms with Gasteiger partial charge in [-0.25, -0.2) is 9.97 Å². The van der Waals surface area contributed by atoms with Gasteiger partial charge in [-0.2, -0.15) is 0 Å². The molecule has 1 saturated heterocycles. The van der Waals surface area contributed by atoms with Crippen molar-refractivity contribution in [2.45, 2.75) is 20.3 Å². The van der Waals surface area contributed by atoms with Crippen LogP contribution in [-0.2, 0) is 9.59 Å². The van der Waals surface area contributed by atoms with Crippen LogP contribution in [-0.4, -0.2) is 28.2 Å². The van der Waals surface area contributed by atoms with Gasteiger partial charge in [-0.15, -0.1) is 0 Å². The summed E-state index contributed by atoms with van der Waals surface area (Å²) in [7, 11) is 0. The maximum atomic E-state index is 11.7. The first kappa shape index (κ1) is 11.8. The molecule has 1 aliphatic rings. The van der Waals surface area contributed by atoms with Crippen molar-refractivity contribution in [1.82, 2.24) is 9.97 Å². The van der Waals surface area contributed by atoms with Gasteiger partial charge in [0.15, 0.2) is 11.4 Å². The van der Waals surface area contributed by atoms with Crippen LogP contribution in [0.15, 0.2) is 18.2 Å². The molecule has 3 heterocycles. The van der Waals surface area contributed by atoms with E-state index in [0.717, 1.165) is 16.6 Å². The lowest BCUT2D eigenvalue weighted by Gasteiger charge is -2.14. The van der Waals surface area contributed by atoms with Gasteiger partial charge < -0.3 is 0 Å². The summed E-state index contributed by atoms with van der Waals surface area (Å²) in [5.74, 6) is 0.238. The Morgan fingerprint density at radius 3 is 2.63 bits per heavy atom. The monoisotopic (exact) mass is 255 g/mol. The normalized spacial score (nSPS) is 15.6. The van der Waals surface area contributed by atoms with Crippen molar-refractivity contribution in [3.63, 3.8) is 0 Å². The molecule has 0 aromatic carbocycles. The molecule has 0 saturated carbocycles. The Balaban J connectivity index is 2.11. The van der Waals surface area contributed by atoms with Gasteiger partial charge in [-0.05, 0) is 37.6 Å². The molecule has 0 bridgehead atoms. The van der Waals surface area contributed by atoms with Crippen LogP contribution >= 0.6 is 0 Å². The largest absolute Gasteiger partial charge is 0.297 e. The average molecular weight is 255 g/mol. The van der Waals surface area contributed by atoms with E-state index in [9.17, 15) is 9.59 Å². The number of pyridine rings is 2. The summed E-state index contributed by atoms with van der Waals surface area (Å²) in [4.78, 5) is 33.2. The van der Waals surface area contributed by atoms with E-state index in [-0.39, 0.29) is 24.7 Å². The Hall–Kier alpha value is -2.30. The van der Waals surface area contributed by atoms with E-state index in [1.54, 1.807) is 6.07 Å². The number of rotatable bonds is 1. The van der Waals surface area contributed by atoms with E-state index in [2.05, 4.69) is 9.97 Å². The van der Waals surface area contributed by atoms with Gasteiger partial charge in [-0.3, -0.25) is 14.5 Å². The van der Waals surface area contributed by atoms with Crippen LogP contribution in [0.4, 0.5) is 5.82 Å². The van der Waals surface area contributed by atoms with Crippen LogP contribution in [0.1, 0.15) is 17.7 Å². The Bertz CT molecular complexity index is 709. The maximum absolute atomic E-state index is 11.7. The molecule has 3 rings (SSSR count). The van der Waals surface area contributed by atoms with Gasteiger partial charge in [0.25, 0.3) is 0 Å². The first-order chi connectivity index (χ1) is 9.04. The molecule has 19 heavy (non-hydrogen) atoms. The predicted octanol–water partition coefficient (Wildman–Crippen LogP) is 1.55. The van der Waals surface area contributed by atoms with Crippen LogP contribution in [0.3, 0.4) is 0 Å². The number of aromatic nitrogens is 2. The molecule has 1 fully saturated rings. The quantitative estimate of drug-likeness (QED) is 0.725. The first-order valence-corrected chi connectivity index (χ1v) is 6.11. The zero-order valence-corrected chi connectivity index (χ0v) is 10.8. The van der Waals surface area contributed by atoms with E-state index < -0.39 is 0 Å². The molecule has 1 amide bonds. The van der Waals surface area contributed by atoms with Gasteiger partial charge in [0, 0.05) is 11.1 Å². The van der Waals surface area contributed by atoms with Crippen molar-refractivity contribution in [3.05, 3.63) is 29.5 Å². The summed E-state index contributed by atoms with van der Waals surface area (Å²) >= 11 is 0. The SMILES string of the molecule is Cc1cc(C)c2ccc(N3CC(=O)CC3=O)nc2n1. The number of hydrogen-bond acceptors (Lipinski definition) is 4. The van der Waals surface area contributed by atoms with Crippen LogP contribution < -0.4 is 4.90 Å². The summed E-state index contributed by atoms with van der Waals surface area (Å²) in [6, 6.07) is 5.66. The van der Waals surface area contributed by atoms with Crippen molar-refractivity contribution in [2.75, 3.05) is 11.4 Å². The third kappa shape index (κ3) is 1.97. The fraction of sp³-hybridized carbons (Fsp3) is 0.286. The van der Waals surface area contributed by atoms with Crippen LogP contribution in [0.5, 0.6) is 0 Å². The Morgan fingerprint density at radius 2 is 1.95 bits per heavy atom. The second-order valence-corrected chi connectivity index (χ2v) is 4.82. The Morgan fingerprint density at radius 1 is 1.16 bits per heavy atom. The second-order valence-electron chi connectivity index (χ2n) is 4.82. The standard InChI is InChI=1S/C14H13N3O2/c1-8-5-9(2)15-14-11(8)3-4-12(16-14)17-7-10(18)6-13(17)19/h3-5H,6-7H2,1-2H3. The summed E-state index contributed by atoms with van der Waals surface area (Å²) in [6.07, 6.45) is -0.0278. The molecule has 0 atom stereocenters. The number of nitrogens with zero attached hydrogens (tertiary/aromatic N) is 3. The number of carbonyl (C=O) groups is 2. The molecule has 0 spiro atoms. The lowest BCUT2D eigenvalue weighted by molar-refractivity contribution is -0.121. The van der Waals surface area contributed by atoms with Gasteiger partial charge in [0.1, 0.15) is 5.82 Å². The van der Waals surface area contributed by atoms with Gasteiger partial charge >= 0.3 is 0 Å². The predicted molar refractivity (Wildman–Crippen MR) is 71.0 cm³/mol. The van der Waals surface area contributed by atoms with Crippen LogP contribution in [0.2, 0.25) is 0 Å². The number of hydrogen-bond donors (Lipinski definition) is 0. The molecule has 2 aromatic rings. The highest BCUT2D eigenvalue weighted by Gasteiger charge is 2.29. The summed E-state index contributed by atoms with van der Waals surface area (Å²) in [6.45, 7) is 4.02. The number of ketones is 1. The summed E-state index contributed by atoms with van der Waals surface area (Å²) in [5, 5.41) is 0.965. The molecule has 1 aliphatic heterocycles. The molecule has 96 valence electrons. The number of carbonyl (C=O) groups excluding carboxylic acids is 2. The van der Waals surface area contributed by atoms with Gasteiger partial charge in [0.2, 0.25) is 5.91 Å².